The number of esters is 1. The van der Waals surface area contributed by atoms with E-state index in [4.69, 9.17) is 14.2 Å². The van der Waals surface area contributed by atoms with Gasteiger partial charge < -0.3 is 19.5 Å². The second-order valence-electron chi connectivity index (χ2n) is 5.92. The second kappa shape index (κ2) is 8.23. The molecule has 6 nitrogen and oxygen atoms in total. The Morgan fingerprint density at radius 2 is 1.96 bits per heavy atom. The fourth-order valence-corrected chi connectivity index (χ4v) is 3.62. The van der Waals surface area contributed by atoms with Crippen molar-refractivity contribution in [3.05, 3.63) is 39.6 Å². The van der Waals surface area contributed by atoms with Crippen LogP contribution in [0.2, 0.25) is 0 Å². The fraction of sp³-hybridized carbons (Fsp3) is 0.368. The minimum absolute atomic E-state index is 0.340. The van der Waals surface area contributed by atoms with Crippen LogP contribution < -0.4 is 14.8 Å². The Balaban J connectivity index is 1.53. The first-order chi connectivity index (χ1) is 12.6. The highest BCUT2D eigenvalue weighted by Gasteiger charge is 2.16. The summed E-state index contributed by atoms with van der Waals surface area (Å²) in [5, 5.41) is 2.69. The lowest BCUT2D eigenvalue weighted by Gasteiger charge is -2.18. The van der Waals surface area contributed by atoms with Crippen molar-refractivity contribution in [1.29, 1.82) is 0 Å². The van der Waals surface area contributed by atoms with Crippen molar-refractivity contribution < 1.29 is 23.8 Å². The largest absolute Gasteiger partial charge is 0.486 e. The lowest BCUT2D eigenvalue weighted by Crippen LogP contribution is -2.21. The molecule has 7 heteroatoms. The van der Waals surface area contributed by atoms with Gasteiger partial charge in [0.05, 0.1) is 0 Å². The molecule has 0 aliphatic carbocycles. The zero-order valence-electron chi connectivity index (χ0n) is 14.8. The van der Waals surface area contributed by atoms with Crippen molar-refractivity contribution in [3.8, 4) is 11.5 Å². The summed E-state index contributed by atoms with van der Waals surface area (Å²) in [5.41, 5.74) is 1.72. The predicted molar refractivity (Wildman–Crippen MR) is 99.4 cm³/mol. The molecule has 2 heterocycles. The van der Waals surface area contributed by atoms with E-state index in [0.717, 1.165) is 23.3 Å². The van der Waals surface area contributed by atoms with Crippen LogP contribution in [0, 0.1) is 6.92 Å². The molecule has 138 valence electrons. The third-order valence-corrected chi connectivity index (χ3v) is 4.97. The van der Waals surface area contributed by atoms with Gasteiger partial charge in [0.2, 0.25) is 0 Å². The number of amides is 1. The van der Waals surface area contributed by atoms with Crippen molar-refractivity contribution in [2.75, 3.05) is 25.1 Å². The molecule has 2 aromatic rings. The number of carbonyl (C=O) groups excluding carboxylic acids is 2. The molecule has 26 heavy (non-hydrogen) atoms. The van der Waals surface area contributed by atoms with Gasteiger partial charge in [0, 0.05) is 16.6 Å². The fourth-order valence-electron chi connectivity index (χ4n) is 2.66. The standard InChI is InChI=1S/C19H21NO5S/c1-3-4-13-9-17(26-12(13)2)19(22)25-11-18(21)20-14-5-6-15-16(10-14)24-8-7-23-15/h5-6,9-10H,3-4,7-8,11H2,1-2H3,(H,20,21). The highest BCUT2D eigenvalue weighted by molar-refractivity contribution is 7.14. The molecule has 0 bridgehead atoms. The van der Waals surface area contributed by atoms with E-state index in [0.29, 0.717) is 35.3 Å². The normalized spacial score (nSPS) is 12.5. The number of thiophene rings is 1. The summed E-state index contributed by atoms with van der Waals surface area (Å²) in [5.74, 6) is 0.357. The predicted octanol–water partition coefficient (Wildman–Crippen LogP) is 3.58. The van der Waals surface area contributed by atoms with E-state index in [1.807, 2.05) is 13.0 Å². The Morgan fingerprint density at radius 1 is 1.19 bits per heavy atom. The average Bonchev–Trinajstić information content (AvgIpc) is 3.01. The van der Waals surface area contributed by atoms with Crippen LogP contribution in [0.5, 0.6) is 11.5 Å². The van der Waals surface area contributed by atoms with Crippen LogP contribution in [0.15, 0.2) is 24.3 Å². The summed E-state index contributed by atoms with van der Waals surface area (Å²) in [6, 6.07) is 6.99. The molecule has 0 fully saturated rings. The van der Waals surface area contributed by atoms with Gasteiger partial charge in [-0.1, -0.05) is 13.3 Å². The number of aryl methyl sites for hydroxylation is 2. The van der Waals surface area contributed by atoms with Crippen molar-refractivity contribution in [3.63, 3.8) is 0 Å². The number of rotatable bonds is 6. The molecule has 1 aromatic carbocycles. The highest BCUT2D eigenvalue weighted by atomic mass is 32.1. The molecule has 0 spiro atoms. The first-order valence-corrected chi connectivity index (χ1v) is 9.34. The number of benzene rings is 1. The average molecular weight is 375 g/mol. The summed E-state index contributed by atoms with van der Waals surface area (Å²) >= 11 is 1.40. The Kier molecular flexibility index (Phi) is 5.78. The van der Waals surface area contributed by atoms with Gasteiger partial charge in [-0.05, 0) is 37.1 Å². The third-order valence-electron chi connectivity index (χ3n) is 3.90. The molecule has 1 N–H and O–H groups in total. The Bertz CT molecular complexity index is 814. The van der Waals surface area contributed by atoms with Gasteiger partial charge in [-0.15, -0.1) is 11.3 Å². The minimum atomic E-state index is -0.474. The van der Waals surface area contributed by atoms with Gasteiger partial charge >= 0.3 is 5.97 Å². The second-order valence-corrected chi connectivity index (χ2v) is 7.18. The number of ether oxygens (including phenoxy) is 3. The number of anilines is 1. The molecular weight excluding hydrogens is 354 g/mol. The molecule has 0 saturated carbocycles. The van der Waals surface area contributed by atoms with E-state index in [1.54, 1.807) is 18.2 Å². The van der Waals surface area contributed by atoms with Gasteiger partial charge in [0.15, 0.2) is 18.1 Å². The first kappa shape index (κ1) is 18.3. The Hall–Kier alpha value is -2.54. The van der Waals surface area contributed by atoms with E-state index in [9.17, 15) is 9.59 Å². The maximum atomic E-state index is 12.1. The van der Waals surface area contributed by atoms with E-state index >= 15 is 0 Å². The van der Waals surface area contributed by atoms with Crippen molar-refractivity contribution in [2.45, 2.75) is 26.7 Å². The summed E-state index contributed by atoms with van der Waals surface area (Å²) in [6.45, 7) is 4.73. The topological polar surface area (TPSA) is 73.9 Å². The van der Waals surface area contributed by atoms with Crippen LogP contribution in [0.4, 0.5) is 5.69 Å². The van der Waals surface area contributed by atoms with Gasteiger partial charge in [0.25, 0.3) is 5.91 Å². The molecule has 0 radical (unpaired) electrons. The number of fused-ring (bicyclic) bond motifs is 1. The van der Waals surface area contributed by atoms with Crippen LogP contribution in [0.1, 0.15) is 33.5 Å². The molecule has 0 saturated heterocycles. The number of carbonyl (C=O) groups is 2. The quantitative estimate of drug-likeness (QED) is 0.781. The summed E-state index contributed by atoms with van der Waals surface area (Å²) in [4.78, 5) is 25.8. The van der Waals surface area contributed by atoms with Gasteiger partial charge in [-0.25, -0.2) is 4.79 Å². The van der Waals surface area contributed by atoms with Gasteiger partial charge in [-0.2, -0.15) is 0 Å². The first-order valence-electron chi connectivity index (χ1n) is 8.52. The molecule has 0 atom stereocenters. The van der Waals surface area contributed by atoms with Crippen LogP contribution in [-0.2, 0) is 16.0 Å². The third kappa shape index (κ3) is 4.35. The number of hydrogen-bond acceptors (Lipinski definition) is 6. The summed E-state index contributed by atoms with van der Waals surface area (Å²) in [7, 11) is 0. The van der Waals surface area contributed by atoms with Crippen LogP contribution in [0.25, 0.3) is 0 Å². The lowest BCUT2D eigenvalue weighted by molar-refractivity contribution is -0.119. The number of hydrogen-bond donors (Lipinski definition) is 1. The zero-order valence-corrected chi connectivity index (χ0v) is 15.6. The number of nitrogens with one attached hydrogen (secondary N) is 1. The molecule has 1 amide bonds. The maximum Gasteiger partial charge on any atom is 0.348 e. The van der Waals surface area contributed by atoms with Gasteiger partial charge in [-0.3, -0.25) is 4.79 Å². The van der Waals surface area contributed by atoms with E-state index in [-0.39, 0.29) is 6.61 Å². The summed E-state index contributed by atoms with van der Waals surface area (Å²) < 4.78 is 16.0. The molecule has 0 unspecified atom stereocenters. The summed E-state index contributed by atoms with van der Waals surface area (Å²) in [6.07, 6.45) is 1.95. The van der Waals surface area contributed by atoms with E-state index < -0.39 is 11.9 Å². The van der Waals surface area contributed by atoms with Crippen molar-refractivity contribution in [2.24, 2.45) is 0 Å². The molecular formula is C19H21NO5S. The maximum absolute atomic E-state index is 12.1. The molecule has 1 aliphatic heterocycles. The van der Waals surface area contributed by atoms with Gasteiger partial charge in [0.1, 0.15) is 18.1 Å². The zero-order chi connectivity index (χ0) is 18.5. The SMILES string of the molecule is CCCc1cc(C(=O)OCC(=O)Nc2ccc3c(c2)OCCO3)sc1C. The van der Waals surface area contributed by atoms with E-state index in [2.05, 4.69) is 12.2 Å². The minimum Gasteiger partial charge on any atom is -0.486 e. The monoisotopic (exact) mass is 375 g/mol. The van der Waals surface area contributed by atoms with Crippen LogP contribution in [0.3, 0.4) is 0 Å². The molecule has 3 rings (SSSR count). The van der Waals surface area contributed by atoms with Crippen molar-refractivity contribution in [1.82, 2.24) is 0 Å². The Morgan fingerprint density at radius 3 is 2.73 bits per heavy atom. The van der Waals surface area contributed by atoms with Crippen molar-refractivity contribution >= 4 is 28.9 Å². The smallest absolute Gasteiger partial charge is 0.348 e. The molecule has 1 aliphatic rings. The highest BCUT2D eigenvalue weighted by Crippen LogP contribution is 2.32. The lowest BCUT2D eigenvalue weighted by atomic mass is 10.1. The van der Waals surface area contributed by atoms with Crippen LogP contribution >= 0.6 is 11.3 Å². The Labute approximate surface area is 156 Å². The van der Waals surface area contributed by atoms with E-state index in [1.165, 1.54) is 11.3 Å². The molecule has 1 aromatic heterocycles. The van der Waals surface area contributed by atoms with Crippen LogP contribution in [-0.4, -0.2) is 31.7 Å².